The third kappa shape index (κ3) is 2.90. The van der Waals surface area contributed by atoms with Crippen molar-refractivity contribution >= 4 is 23.4 Å². The van der Waals surface area contributed by atoms with Gasteiger partial charge in [0.1, 0.15) is 0 Å². The first-order valence-electron chi connectivity index (χ1n) is 5.42. The van der Waals surface area contributed by atoms with Gasteiger partial charge in [0.2, 0.25) is 0 Å². The molecular weight excluding hydrogens is 238 g/mol. The molecule has 0 amide bonds. The summed E-state index contributed by atoms with van der Waals surface area (Å²) < 4.78 is 1.79. The number of aromatic amines is 1. The molecule has 0 bridgehead atoms. The van der Waals surface area contributed by atoms with Crippen LogP contribution in [-0.2, 0) is 6.54 Å². The topological polar surface area (TPSA) is 41.0 Å². The van der Waals surface area contributed by atoms with Crippen LogP contribution in [0.25, 0.3) is 11.0 Å². The largest absolute Gasteiger partial charge is 0.326 e. The Labute approximate surface area is 107 Å². The highest BCUT2D eigenvalue weighted by atomic mass is 35.5. The fourth-order valence-electron chi connectivity index (χ4n) is 1.78. The second kappa shape index (κ2) is 5.38. The van der Waals surface area contributed by atoms with Crippen molar-refractivity contribution in [2.24, 2.45) is 0 Å². The molecule has 2 rings (SSSR count). The number of hydrogen-bond donors (Lipinski definition) is 1. The Balaban J connectivity index is 0.00000144. The Morgan fingerprint density at radius 3 is 2.71 bits per heavy atom. The van der Waals surface area contributed by atoms with E-state index >= 15 is 0 Å². The third-order valence-corrected chi connectivity index (χ3v) is 2.70. The monoisotopic (exact) mass is 255 g/mol. The summed E-state index contributed by atoms with van der Waals surface area (Å²) in [7, 11) is 4.01. The van der Waals surface area contributed by atoms with E-state index < -0.39 is 0 Å². The molecule has 0 unspecified atom stereocenters. The molecule has 17 heavy (non-hydrogen) atoms. The van der Waals surface area contributed by atoms with Gasteiger partial charge in [-0.1, -0.05) is 6.07 Å². The zero-order valence-corrected chi connectivity index (χ0v) is 11.2. The normalized spacial score (nSPS) is 10.8. The first kappa shape index (κ1) is 13.8. The van der Waals surface area contributed by atoms with Gasteiger partial charge in [0.25, 0.3) is 0 Å². The number of rotatable bonds is 3. The highest BCUT2D eigenvalue weighted by Crippen LogP contribution is 2.11. The fourth-order valence-corrected chi connectivity index (χ4v) is 1.78. The van der Waals surface area contributed by atoms with Gasteiger partial charge in [-0.15, -0.1) is 12.4 Å². The minimum atomic E-state index is -0.0255. The smallest absolute Gasteiger partial charge is 0.308 e. The van der Waals surface area contributed by atoms with Crippen LogP contribution in [0.1, 0.15) is 5.56 Å². The number of likely N-dealkylation sites (N-methyl/N-ethyl adjacent to an activating group) is 1. The summed E-state index contributed by atoms with van der Waals surface area (Å²) in [6.07, 6.45) is 0. The lowest BCUT2D eigenvalue weighted by atomic mass is 10.2. The van der Waals surface area contributed by atoms with E-state index in [1.54, 1.807) is 4.57 Å². The SMILES string of the molecule is Cc1ccc2[nH]c(=O)n(CCN(C)C)c2c1.Cl. The maximum atomic E-state index is 11.8. The number of imidazole rings is 1. The summed E-state index contributed by atoms with van der Waals surface area (Å²) in [6, 6.07) is 6.01. The zero-order chi connectivity index (χ0) is 11.7. The summed E-state index contributed by atoms with van der Waals surface area (Å²) in [5.74, 6) is 0. The predicted octanol–water partition coefficient (Wildman–Crippen LogP) is 1.62. The molecule has 1 aromatic carbocycles. The number of aromatic nitrogens is 2. The second-order valence-corrected chi connectivity index (χ2v) is 4.41. The maximum Gasteiger partial charge on any atom is 0.326 e. The number of hydrogen-bond acceptors (Lipinski definition) is 2. The molecule has 0 atom stereocenters. The van der Waals surface area contributed by atoms with E-state index in [1.165, 1.54) is 5.56 Å². The fraction of sp³-hybridized carbons (Fsp3) is 0.417. The van der Waals surface area contributed by atoms with E-state index in [2.05, 4.69) is 9.88 Å². The second-order valence-electron chi connectivity index (χ2n) is 4.41. The molecule has 0 fully saturated rings. The highest BCUT2D eigenvalue weighted by molar-refractivity contribution is 5.85. The van der Waals surface area contributed by atoms with Crippen molar-refractivity contribution in [1.29, 1.82) is 0 Å². The summed E-state index contributed by atoms with van der Waals surface area (Å²) in [5.41, 5.74) is 3.05. The van der Waals surface area contributed by atoms with E-state index in [4.69, 9.17) is 0 Å². The van der Waals surface area contributed by atoms with Crippen LogP contribution in [0.4, 0.5) is 0 Å². The van der Waals surface area contributed by atoms with Gasteiger partial charge in [-0.25, -0.2) is 4.79 Å². The molecule has 0 aliphatic carbocycles. The minimum absolute atomic E-state index is 0. The lowest BCUT2D eigenvalue weighted by molar-refractivity contribution is 0.384. The van der Waals surface area contributed by atoms with Gasteiger partial charge in [0.05, 0.1) is 11.0 Å². The van der Waals surface area contributed by atoms with Gasteiger partial charge < -0.3 is 9.88 Å². The minimum Gasteiger partial charge on any atom is -0.308 e. The number of nitrogens with zero attached hydrogens (tertiary/aromatic N) is 2. The molecule has 1 N–H and O–H groups in total. The number of benzene rings is 1. The molecule has 0 saturated heterocycles. The average Bonchev–Trinajstić information content (AvgIpc) is 2.51. The van der Waals surface area contributed by atoms with Crippen LogP contribution >= 0.6 is 12.4 Å². The molecule has 0 aliphatic rings. The summed E-state index contributed by atoms with van der Waals surface area (Å²) in [4.78, 5) is 16.7. The first-order chi connectivity index (χ1) is 7.58. The number of nitrogens with one attached hydrogen (secondary N) is 1. The van der Waals surface area contributed by atoms with Crippen LogP contribution < -0.4 is 5.69 Å². The van der Waals surface area contributed by atoms with Crippen LogP contribution in [0.3, 0.4) is 0 Å². The summed E-state index contributed by atoms with van der Waals surface area (Å²) >= 11 is 0. The lowest BCUT2D eigenvalue weighted by Crippen LogP contribution is -2.24. The molecule has 4 nitrogen and oxygen atoms in total. The van der Waals surface area contributed by atoms with Gasteiger partial charge in [-0.2, -0.15) is 0 Å². The first-order valence-corrected chi connectivity index (χ1v) is 5.42. The Bertz CT molecular complexity index is 556. The van der Waals surface area contributed by atoms with E-state index in [0.29, 0.717) is 0 Å². The van der Waals surface area contributed by atoms with Gasteiger partial charge in [-0.3, -0.25) is 4.57 Å². The van der Waals surface area contributed by atoms with E-state index in [-0.39, 0.29) is 18.1 Å². The van der Waals surface area contributed by atoms with Crippen LogP contribution in [0.15, 0.2) is 23.0 Å². The molecule has 1 heterocycles. The van der Waals surface area contributed by atoms with Gasteiger partial charge >= 0.3 is 5.69 Å². The molecule has 94 valence electrons. The van der Waals surface area contributed by atoms with Gasteiger partial charge in [0, 0.05) is 13.1 Å². The summed E-state index contributed by atoms with van der Waals surface area (Å²) in [6.45, 7) is 3.61. The molecule has 0 spiro atoms. The third-order valence-electron chi connectivity index (χ3n) is 2.70. The van der Waals surface area contributed by atoms with Crippen molar-refractivity contribution in [3.63, 3.8) is 0 Å². The van der Waals surface area contributed by atoms with Crippen molar-refractivity contribution in [1.82, 2.24) is 14.5 Å². The standard InChI is InChI=1S/C12H17N3O.ClH/c1-9-4-5-10-11(8-9)15(12(16)13-10)7-6-14(2)3;/h4-5,8H,6-7H2,1-3H3,(H,13,16);1H. The molecular formula is C12H18ClN3O. The Kier molecular flexibility index (Phi) is 4.37. The Hall–Kier alpha value is -1.26. The van der Waals surface area contributed by atoms with Crippen molar-refractivity contribution in [3.05, 3.63) is 34.2 Å². The van der Waals surface area contributed by atoms with Crippen LogP contribution in [-0.4, -0.2) is 35.1 Å². The highest BCUT2D eigenvalue weighted by Gasteiger charge is 2.06. The average molecular weight is 256 g/mol. The predicted molar refractivity (Wildman–Crippen MR) is 73.1 cm³/mol. The van der Waals surface area contributed by atoms with Crippen LogP contribution in [0.5, 0.6) is 0 Å². The quantitative estimate of drug-likeness (QED) is 0.906. The Morgan fingerprint density at radius 2 is 2.06 bits per heavy atom. The molecule has 5 heteroatoms. The molecule has 1 aromatic heterocycles. The van der Waals surface area contributed by atoms with E-state index in [0.717, 1.165) is 24.1 Å². The van der Waals surface area contributed by atoms with Crippen LogP contribution in [0, 0.1) is 6.92 Å². The van der Waals surface area contributed by atoms with E-state index in [9.17, 15) is 4.79 Å². The van der Waals surface area contributed by atoms with Crippen molar-refractivity contribution in [2.45, 2.75) is 13.5 Å². The van der Waals surface area contributed by atoms with Gasteiger partial charge in [-0.05, 0) is 38.7 Å². The van der Waals surface area contributed by atoms with Crippen molar-refractivity contribution < 1.29 is 0 Å². The lowest BCUT2D eigenvalue weighted by Gasteiger charge is -2.09. The number of aryl methyl sites for hydroxylation is 1. The number of halogens is 1. The zero-order valence-electron chi connectivity index (χ0n) is 10.4. The number of H-pyrrole nitrogens is 1. The van der Waals surface area contributed by atoms with Crippen molar-refractivity contribution in [3.8, 4) is 0 Å². The summed E-state index contributed by atoms with van der Waals surface area (Å²) in [5, 5.41) is 0. The van der Waals surface area contributed by atoms with Crippen LogP contribution in [0.2, 0.25) is 0 Å². The molecule has 0 aliphatic heterocycles. The van der Waals surface area contributed by atoms with Gasteiger partial charge in [0.15, 0.2) is 0 Å². The molecule has 0 saturated carbocycles. The van der Waals surface area contributed by atoms with E-state index in [1.807, 2.05) is 39.2 Å². The van der Waals surface area contributed by atoms with Crippen molar-refractivity contribution in [2.75, 3.05) is 20.6 Å². The molecule has 2 aromatic rings. The Morgan fingerprint density at radius 1 is 1.35 bits per heavy atom. The number of fused-ring (bicyclic) bond motifs is 1. The maximum absolute atomic E-state index is 11.8. The molecule has 0 radical (unpaired) electrons.